The van der Waals surface area contributed by atoms with E-state index in [4.69, 9.17) is 26.8 Å². The fourth-order valence-corrected chi connectivity index (χ4v) is 3.78. The number of para-hydroxylation sites is 1. The van der Waals surface area contributed by atoms with Crippen molar-refractivity contribution in [1.82, 2.24) is 4.98 Å². The number of benzene rings is 2. The molecule has 3 N–H and O–H groups in total. The number of unbranched alkanes of at least 4 members (excludes halogenated alkanes) is 1. The second kappa shape index (κ2) is 8.55. The van der Waals surface area contributed by atoms with Gasteiger partial charge in [-0.25, -0.2) is 0 Å². The Bertz CT molecular complexity index is 1020. The van der Waals surface area contributed by atoms with Crippen LogP contribution in [0, 0.1) is 0 Å². The van der Waals surface area contributed by atoms with Crippen LogP contribution in [0.1, 0.15) is 24.0 Å². The zero-order chi connectivity index (χ0) is 21.2. The molecule has 0 saturated carbocycles. The quantitative estimate of drug-likeness (QED) is 0.469. The van der Waals surface area contributed by atoms with E-state index in [2.05, 4.69) is 4.98 Å². The maximum absolute atomic E-state index is 13.7. The third-order valence-corrected chi connectivity index (χ3v) is 5.06. The van der Waals surface area contributed by atoms with Crippen molar-refractivity contribution < 1.29 is 22.6 Å². The van der Waals surface area contributed by atoms with Gasteiger partial charge in [0.05, 0.1) is 31.0 Å². The van der Waals surface area contributed by atoms with Gasteiger partial charge in [-0.2, -0.15) is 13.2 Å². The molecule has 0 aliphatic heterocycles. The highest BCUT2D eigenvalue weighted by Gasteiger charge is 2.35. The number of aromatic amines is 1. The lowest BCUT2D eigenvalue weighted by Gasteiger charge is -2.13. The molecule has 8 heteroatoms. The van der Waals surface area contributed by atoms with E-state index in [9.17, 15) is 13.2 Å². The molecule has 3 aromatic rings. The first-order valence-corrected chi connectivity index (χ1v) is 9.52. The van der Waals surface area contributed by atoms with Crippen molar-refractivity contribution in [2.45, 2.75) is 25.4 Å². The molecule has 1 aromatic heterocycles. The smallest absolute Gasteiger partial charge is 0.418 e. The average molecular weight is 427 g/mol. The molecule has 0 fully saturated rings. The highest BCUT2D eigenvalue weighted by atomic mass is 35.5. The Morgan fingerprint density at radius 1 is 1.10 bits per heavy atom. The predicted molar refractivity (Wildman–Crippen MR) is 109 cm³/mol. The van der Waals surface area contributed by atoms with E-state index in [1.165, 1.54) is 14.2 Å². The van der Waals surface area contributed by atoms with Gasteiger partial charge in [0.2, 0.25) is 0 Å². The van der Waals surface area contributed by atoms with E-state index < -0.39 is 11.7 Å². The number of nitrogens with two attached hydrogens (primary N) is 1. The molecule has 29 heavy (non-hydrogen) atoms. The van der Waals surface area contributed by atoms with Crippen LogP contribution >= 0.6 is 11.6 Å². The van der Waals surface area contributed by atoms with E-state index in [1.807, 2.05) is 0 Å². The molecule has 0 aliphatic carbocycles. The summed E-state index contributed by atoms with van der Waals surface area (Å²) in [5.41, 5.74) is 6.73. The maximum Gasteiger partial charge on any atom is 0.418 e. The van der Waals surface area contributed by atoms with Crippen LogP contribution in [0.2, 0.25) is 5.02 Å². The van der Waals surface area contributed by atoms with Crippen LogP contribution in [0.15, 0.2) is 30.3 Å². The summed E-state index contributed by atoms with van der Waals surface area (Å²) in [4.78, 5) is 2.99. The zero-order valence-electron chi connectivity index (χ0n) is 16.1. The van der Waals surface area contributed by atoms with Crippen LogP contribution < -0.4 is 15.2 Å². The van der Waals surface area contributed by atoms with Crippen molar-refractivity contribution >= 4 is 22.5 Å². The Balaban J connectivity index is 2.33. The Kier molecular flexibility index (Phi) is 6.29. The van der Waals surface area contributed by atoms with Crippen molar-refractivity contribution in [3.05, 3.63) is 46.5 Å². The molecule has 0 saturated heterocycles. The SMILES string of the molecule is COc1cccc(-c2[nH]c3c(C(F)(F)F)cc(Cl)cc3c2CCCCN)c1OC. The summed E-state index contributed by atoms with van der Waals surface area (Å²) in [6, 6.07) is 7.79. The molecule has 0 aliphatic rings. The number of rotatable bonds is 7. The lowest BCUT2D eigenvalue weighted by molar-refractivity contribution is -0.136. The second-order valence-electron chi connectivity index (χ2n) is 6.64. The fourth-order valence-electron chi connectivity index (χ4n) is 3.56. The Morgan fingerprint density at radius 3 is 2.48 bits per heavy atom. The summed E-state index contributed by atoms with van der Waals surface area (Å²) < 4.78 is 51.9. The minimum absolute atomic E-state index is 0.00419. The fraction of sp³-hybridized carbons (Fsp3) is 0.333. The van der Waals surface area contributed by atoms with E-state index in [-0.39, 0.29) is 10.5 Å². The number of hydrogen-bond donors (Lipinski definition) is 2. The molecular formula is C21H22ClF3N2O2. The van der Waals surface area contributed by atoms with Gasteiger partial charge in [0, 0.05) is 16.0 Å². The topological polar surface area (TPSA) is 60.3 Å². The highest BCUT2D eigenvalue weighted by Crippen LogP contribution is 2.44. The Morgan fingerprint density at radius 2 is 1.86 bits per heavy atom. The van der Waals surface area contributed by atoms with E-state index in [1.54, 1.807) is 24.3 Å². The number of fused-ring (bicyclic) bond motifs is 1. The lowest BCUT2D eigenvalue weighted by atomic mass is 9.98. The number of aryl methyl sites for hydroxylation is 1. The molecule has 3 rings (SSSR count). The van der Waals surface area contributed by atoms with Crippen molar-refractivity contribution in [2.24, 2.45) is 5.73 Å². The third-order valence-electron chi connectivity index (χ3n) is 4.84. The normalized spacial score (nSPS) is 11.8. The van der Waals surface area contributed by atoms with Gasteiger partial charge in [-0.3, -0.25) is 0 Å². The molecule has 156 valence electrons. The molecule has 0 atom stereocenters. The number of ether oxygens (including phenoxy) is 2. The van der Waals surface area contributed by atoms with Crippen LogP contribution in [0.3, 0.4) is 0 Å². The van der Waals surface area contributed by atoms with Gasteiger partial charge in [-0.15, -0.1) is 0 Å². The number of halogens is 4. The summed E-state index contributed by atoms with van der Waals surface area (Å²) in [5.74, 6) is 0.937. The average Bonchev–Trinajstić information content (AvgIpc) is 3.04. The van der Waals surface area contributed by atoms with Gasteiger partial charge in [-0.1, -0.05) is 17.7 Å². The summed E-state index contributed by atoms with van der Waals surface area (Å²) >= 11 is 6.05. The molecule has 2 aromatic carbocycles. The van der Waals surface area contributed by atoms with E-state index in [0.717, 1.165) is 24.5 Å². The van der Waals surface area contributed by atoms with Crippen LogP contribution in [-0.4, -0.2) is 25.7 Å². The first kappa shape index (κ1) is 21.3. The number of nitrogens with one attached hydrogen (secondary N) is 1. The highest BCUT2D eigenvalue weighted by molar-refractivity contribution is 6.31. The molecule has 1 heterocycles. The van der Waals surface area contributed by atoms with E-state index >= 15 is 0 Å². The van der Waals surface area contributed by atoms with Gasteiger partial charge in [-0.05, 0) is 55.6 Å². The largest absolute Gasteiger partial charge is 0.493 e. The van der Waals surface area contributed by atoms with Crippen LogP contribution in [0.25, 0.3) is 22.2 Å². The van der Waals surface area contributed by atoms with Crippen molar-refractivity contribution in [3.63, 3.8) is 0 Å². The monoisotopic (exact) mass is 426 g/mol. The Labute approximate surface area is 171 Å². The van der Waals surface area contributed by atoms with Crippen LogP contribution in [-0.2, 0) is 12.6 Å². The summed E-state index contributed by atoms with van der Waals surface area (Å²) in [6.45, 7) is 0.509. The van der Waals surface area contributed by atoms with Gasteiger partial charge in [0.15, 0.2) is 11.5 Å². The van der Waals surface area contributed by atoms with Gasteiger partial charge >= 0.3 is 6.18 Å². The minimum Gasteiger partial charge on any atom is -0.493 e. The molecular weight excluding hydrogens is 405 g/mol. The molecule has 0 amide bonds. The first-order valence-electron chi connectivity index (χ1n) is 9.14. The van der Waals surface area contributed by atoms with Crippen LogP contribution in [0.4, 0.5) is 13.2 Å². The number of aromatic nitrogens is 1. The second-order valence-corrected chi connectivity index (χ2v) is 7.08. The molecule has 0 spiro atoms. The van der Waals surface area contributed by atoms with Gasteiger partial charge in [0.25, 0.3) is 0 Å². The van der Waals surface area contributed by atoms with Crippen LogP contribution in [0.5, 0.6) is 11.5 Å². The number of hydrogen-bond acceptors (Lipinski definition) is 3. The summed E-state index contributed by atoms with van der Waals surface area (Å²) in [6.07, 6.45) is -2.51. The van der Waals surface area contributed by atoms with Crippen molar-refractivity contribution in [1.29, 1.82) is 0 Å². The number of alkyl halides is 3. The lowest BCUT2D eigenvalue weighted by Crippen LogP contribution is -2.05. The third kappa shape index (κ3) is 4.16. The molecule has 4 nitrogen and oxygen atoms in total. The zero-order valence-corrected chi connectivity index (χ0v) is 16.9. The van der Waals surface area contributed by atoms with E-state index in [0.29, 0.717) is 41.1 Å². The summed E-state index contributed by atoms with van der Waals surface area (Å²) in [5, 5.41) is 0.481. The van der Waals surface area contributed by atoms with Gasteiger partial charge in [0.1, 0.15) is 0 Å². The summed E-state index contributed by atoms with van der Waals surface area (Å²) in [7, 11) is 3.01. The van der Waals surface area contributed by atoms with Crippen molar-refractivity contribution in [2.75, 3.05) is 20.8 Å². The standard InChI is InChI=1S/C21H22ClF3N2O2/c1-28-17-8-5-7-14(20(17)29-2)18-13(6-3-4-9-26)15-10-12(22)11-16(19(15)27-18)21(23,24)25/h5,7-8,10-11,27H,3-4,6,9,26H2,1-2H3. The number of H-pyrrole nitrogens is 1. The Hall–Kier alpha value is -2.38. The minimum atomic E-state index is -4.54. The molecule has 0 radical (unpaired) electrons. The number of methoxy groups -OCH3 is 2. The molecule has 0 unspecified atom stereocenters. The molecule has 0 bridgehead atoms. The predicted octanol–water partition coefficient (Wildman–Crippen LogP) is 5.81. The maximum atomic E-state index is 13.7. The van der Waals surface area contributed by atoms with Gasteiger partial charge < -0.3 is 20.2 Å². The first-order chi connectivity index (χ1) is 13.8. The van der Waals surface area contributed by atoms with Crippen molar-refractivity contribution in [3.8, 4) is 22.8 Å².